The quantitative estimate of drug-likeness (QED) is 0.567. The third kappa shape index (κ3) is 4.14. The van der Waals surface area contributed by atoms with Crippen LogP contribution in [-0.4, -0.2) is 46.2 Å². The van der Waals surface area contributed by atoms with Crippen LogP contribution < -0.4 is 5.32 Å². The van der Waals surface area contributed by atoms with E-state index in [0.29, 0.717) is 5.02 Å². The maximum absolute atomic E-state index is 6.35. The molecule has 0 spiro atoms. The van der Waals surface area contributed by atoms with Crippen LogP contribution in [0.25, 0.3) is 16.9 Å². The van der Waals surface area contributed by atoms with Gasteiger partial charge in [-0.2, -0.15) is 9.61 Å². The fraction of sp³-hybridized carbons (Fsp3) is 0.333. The van der Waals surface area contributed by atoms with Crippen molar-refractivity contribution in [3.63, 3.8) is 0 Å². The standard InChI is InChI=1S/C18H21BrClN5/c1-3-24(2)10-6-9-21-17-11-16(13-7-4-5-8-15(13)20)23-18-14(19)12-22-25(17)18/h4-5,7-8,11-12,21H,3,6,9-10H2,1-2H3. The largest absolute Gasteiger partial charge is 0.370 e. The zero-order chi connectivity index (χ0) is 17.8. The Balaban J connectivity index is 1.90. The van der Waals surface area contributed by atoms with Gasteiger partial charge in [0.05, 0.1) is 16.4 Å². The van der Waals surface area contributed by atoms with Crippen molar-refractivity contribution in [3.8, 4) is 11.3 Å². The number of hydrogen-bond donors (Lipinski definition) is 1. The van der Waals surface area contributed by atoms with Gasteiger partial charge < -0.3 is 10.2 Å². The first kappa shape index (κ1) is 18.2. The van der Waals surface area contributed by atoms with Gasteiger partial charge in [-0.1, -0.05) is 36.7 Å². The highest BCUT2D eigenvalue weighted by atomic mass is 79.9. The molecule has 0 saturated carbocycles. The van der Waals surface area contributed by atoms with E-state index in [1.807, 2.05) is 34.8 Å². The number of aromatic nitrogens is 3. The summed E-state index contributed by atoms with van der Waals surface area (Å²) in [7, 11) is 2.13. The SMILES string of the molecule is CCN(C)CCCNc1cc(-c2ccccc2Cl)nc2c(Br)cnn12. The highest BCUT2D eigenvalue weighted by Gasteiger charge is 2.13. The molecular weight excluding hydrogens is 402 g/mol. The van der Waals surface area contributed by atoms with E-state index in [2.05, 4.69) is 45.2 Å². The van der Waals surface area contributed by atoms with Crippen molar-refractivity contribution in [1.29, 1.82) is 0 Å². The number of nitrogens with zero attached hydrogens (tertiary/aromatic N) is 4. The van der Waals surface area contributed by atoms with E-state index in [0.717, 1.165) is 53.3 Å². The van der Waals surface area contributed by atoms with Crippen LogP contribution in [0.3, 0.4) is 0 Å². The zero-order valence-corrected chi connectivity index (χ0v) is 16.7. The Morgan fingerprint density at radius 1 is 1.32 bits per heavy atom. The second-order valence-electron chi connectivity index (χ2n) is 5.91. The van der Waals surface area contributed by atoms with Gasteiger partial charge in [0, 0.05) is 23.2 Å². The summed E-state index contributed by atoms with van der Waals surface area (Å²) in [6, 6.07) is 9.74. The van der Waals surface area contributed by atoms with E-state index in [9.17, 15) is 0 Å². The van der Waals surface area contributed by atoms with Crippen molar-refractivity contribution in [1.82, 2.24) is 19.5 Å². The van der Waals surface area contributed by atoms with Crippen LogP contribution in [0, 0.1) is 0 Å². The molecule has 0 aliphatic rings. The minimum absolute atomic E-state index is 0.686. The van der Waals surface area contributed by atoms with Crippen molar-refractivity contribution in [2.24, 2.45) is 0 Å². The summed E-state index contributed by atoms with van der Waals surface area (Å²) >= 11 is 9.88. The zero-order valence-electron chi connectivity index (χ0n) is 14.3. The number of hydrogen-bond acceptors (Lipinski definition) is 4. The maximum atomic E-state index is 6.35. The number of benzene rings is 1. The summed E-state index contributed by atoms with van der Waals surface area (Å²) in [6.07, 6.45) is 2.81. The first-order valence-electron chi connectivity index (χ1n) is 8.31. The van der Waals surface area contributed by atoms with Crippen molar-refractivity contribution >= 4 is 39.0 Å². The fourth-order valence-corrected chi connectivity index (χ4v) is 3.17. The number of rotatable bonds is 7. The first-order chi connectivity index (χ1) is 12.1. The van der Waals surface area contributed by atoms with Gasteiger partial charge in [-0.15, -0.1) is 0 Å². The molecular formula is C18H21BrClN5. The third-order valence-electron chi connectivity index (χ3n) is 4.14. The highest BCUT2D eigenvalue weighted by Crippen LogP contribution is 2.30. The Kier molecular flexibility index (Phi) is 5.93. The van der Waals surface area contributed by atoms with Crippen molar-refractivity contribution in [3.05, 3.63) is 46.0 Å². The smallest absolute Gasteiger partial charge is 0.172 e. The maximum Gasteiger partial charge on any atom is 0.172 e. The first-order valence-corrected chi connectivity index (χ1v) is 9.49. The Morgan fingerprint density at radius 3 is 2.88 bits per heavy atom. The van der Waals surface area contributed by atoms with Crippen LogP contribution >= 0.6 is 27.5 Å². The molecule has 3 aromatic rings. The molecule has 0 atom stereocenters. The predicted molar refractivity (Wildman–Crippen MR) is 107 cm³/mol. The van der Waals surface area contributed by atoms with Crippen LogP contribution in [0.1, 0.15) is 13.3 Å². The van der Waals surface area contributed by atoms with E-state index >= 15 is 0 Å². The number of anilines is 1. The fourth-order valence-electron chi connectivity index (χ4n) is 2.59. The number of nitrogens with one attached hydrogen (secondary N) is 1. The monoisotopic (exact) mass is 421 g/mol. The van der Waals surface area contributed by atoms with Gasteiger partial charge in [-0.3, -0.25) is 0 Å². The van der Waals surface area contributed by atoms with Crippen molar-refractivity contribution < 1.29 is 0 Å². The van der Waals surface area contributed by atoms with Crippen LogP contribution in [0.4, 0.5) is 5.82 Å². The molecule has 0 unspecified atom stereocenters. The molecule has 7 heteroatoms. The lowest BCUT2D eigenvalue weighted by Crippen LogP contribution is -2.21. The average molecular weight is 423 g/mol. The molecule has 5 nitrogen and oxygen atoms in total. The summed E-state index contributed by atoms with van der Waals surface area (Å²) in [5.41, 5.74) is 2.51. The Labute approximate surface area is 161 Å². The molecule has 2 heterocycles. The van der Waals surface area contributed by atoms with E-state index in [4.69, 9.17) is 16.6 Å². The summed E-state index contributed by atoms with van der Waals surface area (Å²) in [5, 5.41) is 8.57. The molecule has 0 aliphatic carbocycles. The van der Waals surface area contributed by atoms with Gasteiger partial charge in [0.1, 0.15) is 5.82 Å². The van der Waals surface area contributed by atoms with Gasteiger partial charge >= 0.3 is 0 Å². The topological polar surface area (TPSA) is 45.5 Å². The molecule has 0 saturated heterocycles. The molecule has 0 aliphatic heterocycles. The average Bonchev–Trinajstić information content (AvgIpc) is 3.00. The lowest BCUT2D eigenvalue weighted by molar-refractivity contribution is 0.351. The summed E-state index contributed by atoms with van der Waals surface area (Å²) < 4.78 is 2.67. The van der Waals surface area contributed by atoms with Gasteiger partial charge in [-0.05, 0) is 48.6 Å². The predicted octanol–water partition coefficient (Wildman–Crippen LogP) is 4.57. The van der Waals surface area contributed by atoms with E-state index < -0.39 is 0 Å². The van der Waals surface area contributed by atoms with Gasteiger partial charge in [0.2, 0.25) is 0 Å². The van der Waals surface area contributed by atoms with Gasteiger partial charge in [0.15, 0.2) is 5.65 Å². The van der Waals surface area contributed by atoms with E-state index in [1.54, 1.807) is 6.20 Å². The van der Waals surface area contributed by atoms with Crippen LogP contribution in [-0.2, 0) is 0 Å². The molecule has 2 aromatic heterocycles. The van der Waals surface area contributed by atoms with Gasteiger partial charge in [0.25, 0.3) is 0 Å². The van der Waals surface area contributed by atoms with Gasteiger partial charge in [-0.25, -0.2) is 4.98 Å². The summed E-state index contributed by atoms with van der Waals surface area (Å²) in [5.74, 6) is 0.907. The minimum Gasteiger partial charge on any atom is -0.370 e. The molecule has 0 radical (unpaired) electrons. The molecule has 0 amide bonds. The molecule has 25 heavy (non-hydrogen) atoms. The summed E-state index contributed by atoms with van der Waals surface area (Å²) in [6.45, 7) is 5.14. The van der Waals surface area contributed by atoms with Crippen LogP contribution in [0.15, 0.2) is 41.0 Å². The molecule has 1 N–H and O–H groups in total. The second-order valence-corrected chi connectivity index (χ2v) is 7.17. The van der Waals surface area contributed by atoms with E-state index in [-0.39, 0.29) is 0 Å². The highest BCUT2D eigenvalue weighted by molar-refractivity contribution is 9.10. The molecule has 1 aromatic carbocycles. The Bertz CT molecular complexity index is 864. The third-order valence-corrected chi connectivity index (χ3v) is 5.03. The Morgan fingerprint density at radius 2 is 2.12 bits per heavy atom. The lowest BCUT2D eigenvalue weighted by atomic mass is 10.1. The molecule has 0 fully saturated rings. The second kappa shape index (κ2) is 8.17. The van der Waals surface area contributed by atoms with Crippen molar-refractivity contribution in [2.75, 3.05) is 32.0 Å². The number of fused-ring (bicyclic) bond motifs is 1. The van der Waals surface area contributed by atoms with E-state index in [1.165, 1.54) is 0 Å². The Hall–Kier alpha value is -1.63. The van der Waals surface area contributed by atoms with Crippen molar-refractivity contribution in [2.45, 2.75) is 13.3 Å². The molecule has 0 bridgehead atoms. The number of halogens is 2. The summed E-state index contributed by atoms with van der Waals surface area (Å²) in [4.78, 5) is 7.01. The lowest BCUT2D eigenvalue weighted by Gasteiger charge is -2.15. The normalized spacial score (nSPS) is 11.4. The van der Waals surface area contributed by atoms with Crippen LogP contribution in [0.5, 0.6) is 0 Å². The molecule has 3 rings (SSSR count). The molecule has 132 valence electrons. The van der Waals surface area contributed by atoms with Crippen LogP contribution in [0.2, 0.25) is 5.02 Å². The minimum atomic E-state index is 0.686.